The number of hydrogen-bond acceptors (Lipinski definition) is 0. The molecule has 6 heteroatoms. The van der Waals surface area contributed by atoms with E-state index in [2.05, 4.69) is 123 Å². The van der Waals surface area contributed by atoms with Gasteiger partial charge in [-0.2, -0.15) is 0 Å². The Morgan fingerprint density at radius 1 is 0.600 bits per heavy atom. The molecule has 156 valence electrons. The van der Waals surface area contributed by atoms with Gasteiger partial charge in [-0.25, -0.2) is 0 Å². The minimum absolute atomic E-state index is 0.0381. The Kier molecular flexibility index (Phi) is 7.87. The van der Waals surface area contributed by atoms with Crippen molar-refractivity contribution < 1.29 is 17.3 Å². The van der Waals surface area contributed by atoms with Crippen LogP contribution < -0.4 is 15.9 Å². The fourth-order valence-electron chi connectivity index (χ4n) is 2.85. The normalized spacial score (nSPS) is 11.6. The number of hydrogen-bond donors (Lipinski definition) is 0. The molecule has 0 atom stereocenters. The van der Waals surface area contributed by atoms with Gasteiger partial charge in [-0.05, 0) is 57.2 Å². The van der Waals surface area contributed by atoms with Gasteiger partial charge in [-0.3, -0.25) is 0 Å². The summed E-state index contributed by atoms with van der Waals surface area (Å²) in [5.74, 6) is 3.56. The predicted molar refractivity (Wildman–Crippen MR) is 123 cm³/mol. The van der Waals surface area contributed by atoms with Crippen molar-refractivity contribution in [2.75, 3.05) is 0 Å². The molecule has 0 amide bonds. The van der Waals surface area contributed by atoms with Crippen LogP contribution in [0.5, 0.6) is 0 Å². The van der Waals surface area contributed by atoms with Crippen molar-refractivity contribution in [1.29, 1.82) is 0 Å². The van der Waals surface area contributed by atoms with Crippen LogP contribution >= 0.6 is 7.26 Å². The van der Waals surface area contributed by atoms with Crippen LogP contribution in [-0.2, 0) is 0 Å². The highest BCUT2D eigenvalue weighted by Crippen LogP contribution is 2.54. The quantitative estimate of drug-likeness (QED) is 0.198. The second-order valence-corrected chi connectivity index (χ2v) is 10.8. The summed E-state index contributed by atoms with van der Waals surface area (Å²) in [6.07, 6.45) is 0. The number of rotatable bonds is 3. The lowest BCUT2D eigenvalue weighted by atomic mass is 9.99. The number of halogens is 4. The van der Waals surface area contributed by atoms with E-state index in [1.165, 1.54) is 15.9 Å². The van der Waals surface area contributed by atoms with Gasteiger partial charge in [-0.1, -0.05) is 60.5 Å². The van der Waals surface area contributed by atoms with Crippen LogP contribution in [-0.4, -0.2) is 7.25 Å². The summed E-state index contributed by atoms with van der Waals surface area (Å²) >= 11 is 0. The highest BCUT2D eigenvalue weighted by molar-refractivity contribution is 7.99. The molecule has 3 aromatic rings. The Balaban J connectivity index is 0.000000575. The van der Waals surface area contributed by atoms with Gasteiger partial charge in [-0.15, -0.1) is 0 Å². The van der Waals surface area contributed by atoms with E-state index >= 15 is 0 Å². The van der Waals surface area contributed by atoms with Crippen molar-refractivity contribution in [2.45, 2.75) is 20.8 Å². The van der Waals surface area contributed by atoms with Gasteiger partial charge in [0, 0.05) is 5.41 Å². The molecule has 0 saturated carbocycles. The molecule has 0 nitrogen and oxygen atoms in total. The van der Waals surface area contributed by atoms with Crippen molar-refractivity contribution in [3.8, 4) is 11.6 Å². The standard InChI is InChI=1S/C24H24P.BF4/c1-24(2,3)19-20-25(21-13-7-4-8-14-21,22-15-9-5-10-16-22)23-17-11-6-12-18-23;2-1(3,4)5/h4-18H,1-3H3;/q+1;-1. The first kappa shape index (κ1) is 23.7. The van der Waals surface area contributed by atoms with Crippen LogP contribution in [0.2, 0.25) is 0 Å². The molecule has 3 aromatic carbocycles. The van der Waals surface area contributed by atoms with Crippen LogP contribution in [0.25, 0.3) is 0 Å². The van der Waals surface area contributed by atoms with E-state index < -0.39 is 14.5 Å². The molecule has 0 spiro atoms. The summed E-state index contributed by atoms with van der Waals surface area (Å²) in [5, 5.41) is 3.93. The van der Waals surface area contributed by atoms with Crippen LogP contribution in [0.3, 0.4) is 0 Å². The molecule has 0 radical (unpaired) electrons. The smallest absolute Gasteiger partial charge is 0.418 e. The lowest BCUT2D eigenvalue weighted by Crippen LogP contribution is -2.30. The Bertz CT molecular complexity index is 868. The molecule has 0 aliphatic rings. The summed E-state index contributed by atoms with van der Waals surface area (Å²) in [5.41, 5.74) is 3.75. The molecule has 3 rings (SSSR count). The second kappa shape index (κ2) is 9.96. The van der Waals surface area contributed by atoms with Crippen LogP contribution in [0, 0.1) is 17.0 Å². The maximum Gasteiger partial charge on any atom is 0.673 e. The van der Waals surface area contributed by atoms with Crippen LogP contribution in [0.15, 0.2) is 91.0 Å². The van der Waals surface area contributed by atoms with E-state index in [-0.39, 0.29) is 5.41 Å². The molecule has 0 fully saturated rings. The van der Waals surface area contributed by atoms with Gasteiger partial charge in [0.05, 0.1) is 5.66 Å². The van der Waals surface area contributed by atoms with Crippen molar-refractivity contribution in [3.05, 3.63) is 91.0 Å². The first-order valence-electron chi connectivity index (χ1n) is 9.50. The predicted octanol–water partition coefficient (Wildman–Crippen LogP) is 6.29. The molecule has 0 heterocycles. The van der Waals surface area contributed by atoms with Gasteiger partial charge < -0.3 is 17.3 Å². The SMILES string of the molecule is CC(C)(C)C#C[P+](c1ccccc1)(c1ccccc1)c1ccccc1.F[B-](F)(F)F. The lowest BCUT2D eigenvalue weighted by molar-refractivity contribution is 0.368. The Hall–Kier alpha value is -2.57. The van der Waals surface area contributed by atoms with Gasteiger partial charge in [0.2, 0.25) is 0 Å². The summed E-state index contributed by atoms with van der Waals surface area (Å²) in [4.78, 5) is 0. The molecule has 0 aliphatic heterocycles. The third kappa shape index (κ3) is 7.04. The van der Waals surface area contributed by atoms with Gasteiger partial charge in [0.25, 0.3) is 0 Å². The van der Waals surface area contributed by atoms with Gasteiger partial charge in [0.1, 0.15) is 15.9 Å². The first-order chi connectivity index (χ1) is 14.0. The molecule has 0 aliphatic carbocycles. The topological polar surface area (TPSA) is 0 Å². The minimum Gasteiger partial charge on any atom is -0.418 e. The van der Waals surface area contributed by atoms with Gasteiger partial charge >= 0.3 is 7.25 Å². The van der Waals surface area contributed by atoms with Gasteiger partial charge in [0.15, 0.2) is 7.26 Å². The summed E-state index contributed by atoms with van der Waals surface area (Å²) in [7, 11) is -8.01. The molecular formula is C24H24BF4P. The van der Waals surface area contributed by atoms with E-state index in [1.807, 2.05) is 0 Å². The average molecular weight is 430 g/mol. The maximum absolute atomic E-state index is 9.75. The van der Waals surface area contributed by atoms with Crippen molar-refractivity contribution >= 4 is 30.4 Å². The van der Waals surface area contributed by atoms with Crippen LogP contribution in [0.1, 0.15) is 20.8 Å². The maximum atomic E-state index is 9.75. The fraction of sp³-hybridized carbons (Fsp3) is 0.167. The fourth-order valence-corrected chi connectivity index (χ4v) is 6.49. The van der Waals surface area contributed by atoms with E-state index in [4.69, 9.17) is 0 Å². The number of benzene rings is 3. The molecule has 0 unspecified atom stereocenters. The largest absolute Gasteiger partial charge is 0.673 e. The Labute approximate surface area is 176 Å². The zero-order valence-corrected chi connectivity index (χ0v) is 18.1. The van der Waals surface area contributed by atoms with E-state index in [1.54, 1.807) is 0 Å². The molecular weight excluding hydrogens is 406 g/mol. The Morgan fingerprint density at radius 3 is 1.10 bits per heavy atom. The summed E-state index contributed by atoms with van der Waals surface area (Å²) in [6.45, 7) is 6.53. The average Bonchev–Trinajstić information content (AvgIpc) is 2.69. The van der Waals surface area contributed by atoms with E-state index in [0.29, 0.717) is 0 Å². The molecule has 0 saturated heterocycles. The molecule has 0 aromatic heterocycles. The second-order valence-electron chi connectivity index (χ2n) is 7.66. The third-order valence-electron chi connectivity index (χ3n) is 4.03. The molecule has 0 N–H and O–H groups in total. The highest BCUT2D eigenvalue weighted by Gasteiger charge is 2.44. The molecule has 0 bridgehead atoms. The van der Waals surface area contributed by atoms with Crippen LogP contribution in [0.4, 0.5) is 17.3 Å². The molecule has 30 heavy (non-hydrogen) atoms. The van der Waals surface area contributed by atoms with Crippen molar-refractivity contribution in [1.82, 2.24) is 0 Å². The Morgan fingerprint density at radius 2 is 0.867 bits per heavy atom. The summed E-state index contributed by atoms with van der Waals surface area (Å²) in [6, 6.07) is 32.3. The lowest BCUT2D eigenvalue weighted by Gasteiger charge is -2.22. The van der Waals surface area contributed by atoms with E-state index in [9.17, 15) is 17.3 Å². The third-order valence-corrected chi connectivity index (χ3v) is 7.69. The van der Waals surface area contributed by atoms with Crippen molar-refractivity contribution in [3.63, 3.8) is 0 Å². The first-order valence-corrected chi connectivity index (χ1v) is 11.3. The minimum atomic E-state index is -6.00. The zero-order chi connectivity index (χ0) is 22.3. The van der Waals surface area contributed by atoms with E-state index in [0.717, 1.165) is 0 Å². The van der Waals surface area contributed by atoms with Crippen molar-refractivity contribution in [2.24, 2.45) is 5.41 Å². The monoisotopic (exact) mass is 430 g/mol. The zero-order valence-electron chi connectivity index (χ0n) is 17.2. The highest BCUT2D eigenvalue weighted by atomic mass is 31.2. The summed E-state index contributed by atoms with van der Waals surface area (Å²) < 4.78 is 39.0.